The lowest BCUT2D eigenvalue weighted by atomic mass is 10.1. The molecule has 2 rings (SSSR count). The standard InChI is InChI=1S/C15H17ClN2S/c1-10(2)13-14(16)17-9-18-15(13)19-8-12-7-5-4-6-11(12)3/h4-7,9-10H,8H2,1-3H3. The molecule has 0 aliphatic heterocycles. The Morgan fingerprint density at radius 1 is 1.21 bits per heavy atom. The van der Waals surface area contributed by atoms with Crippen LogP contribution in [0.25, 0.3) is 0 Å². The van der Waals surface area contributed by atoms with Crippen molar-refractivity contribution in [2.24, 2.45) is 0 Å². The molecule has 2 nitrogen and oxygen atoms in total. The fraction of sp³-hybridized carbons (Fsp3) is 0.333. The molecule has 0 aliphatic rings. The van der Waals surface area contributed by atoms with E-state index in [4.69, 9.17) is 11.6 Å². The van der Waals surface area contributed by atoms with Gasteiger partial charge in [0, 0.05) is 11.3 Å². The average Bonchev–Trinajstić information content (AvgIpc) is 2.37. The number of benzene rings is 1. The van der Waals surface area contributed by atoms with Crippen LogP contribution < -0.4 is 0 Å². The molecule has 0 saturated heterocycles. The summed E-state index contributed by atoms with van der Waals surface area (Å²) in [7, 11) is 0. The molecule has 1 heterocycles. The fourth-order valence-corrected chi connectivity index (χ4v) is 3.51. The van der Waals surface area contributed by atoms with Crippen LogP contribution >= 0.6 is 23.4 Å². The largest absolute Gasteiger partial charge is 0.230 e. The minimum absolute atomic E-state index is 0.327. The molecule has 0 atom stereocenters. The lowest BCUT2D eigenvalue weighted by Gasteiger charge is -2.12. The van der Waals surface area contributed by atoms with Crippen LogP contribution in [0.2, 0.25) is 5.15 Å². The van der Waals surface area contributed by atoms with Gasteiger partial charge in [-0.3, -0.25) is 0 Å². The molecule has 100 valence electrons. The van der Waals surface area contributed by atoms with Gasteiger partial charge in [0.2, 0.25) is 0 Å². The molecule has 1 aromatic carbocycles. The number of aryl methyl sites for hydroxylation is 1. The molecular weight excluding hydrogens is 276 g/mol. The van der Waals surface area contributed by atoms with Gasteiger partial charge < -0.3 is 0 Å². The molecule has 1 aromatic heterocycles. The van der Waals surface area contributed by atoms with Crippen molar-refractivity contribution in [3.63, 3.8) is 0 Å². The van der Waals surface area contributed by atoms with E-state index in [2.05, 4.69) is 55.0 Å². The second-order valence-electron chi connectivity index (χ2n) is 4.75. The molecule has 0 radical (unpaired) electrons. The zero-order chi connectivity index (χ0) is 13.8. The van der Waals surface area contributed by atoms with Crippen LogP contribution in [0.5, 0.6) is 0 Å². The smallest absolute Gasteiger partial charge is 0.137 e. The first kappa shape index (κ1) is 14.4. The molecule has 0 aliphatic carbocycles. The predicted octanol–water partition coefficient (Wildman–Crippen LogP) is 4.85. The summed E-state index contributed by atoms with van der Waals surface area (Å²) in [6.45, 7) is 6.36. The third kappa shape index (κ3) is 3.48. The van der Waals surface area contributed by atoms with Gasteiger partial charge in [-0.1, -0.05) is 49.7 Å². The Kier molecular flexibility index (Phi) is 4.83. The van der Waals surface area contributed by atoms with E-state index in [1.165, 1.54) is 17.5 Å². The van der Waals surface area contributed by atoms with Crippen LogP contribution in [0.3, 0.4) is 0 Å². The number of hydrogen-bond acceptors (Lipinski definition) is 3. The second-order valence-corrected chi connectivity index (χ2v) is 6.08. The van der Waals surface area contributed by atoms with Crippen LogP contribution in [-0.2, 0) is 5.75 Å². The van der Waals surface area contributed by atoms with Crippen molar-refractivity contribution >= 4 is 23.4 Å². The summed E-state index contributed by atoms with van der Waals surface area (Å²) in [5.41, 5.74) is 3.68. The molecule has 19 heavy (non-hydrogen) atoms. The van der Waals surface area contributed by atoms with E-state index < -0.39 is 0 Å². The number of thioether (sulfide) groups is 1. The fourth-order valence-electron chi connectivity index (χ4n) is 1.88. The summed E-state index contributed by atoms with van der Waals surface area (Å²) in [6.07, 6.45) is 1.54. The van der Waals surface area contributed by atoms with Gasteiger partial charge in [-0.2, -0.15) is 0 Å². The molecular formula is C15H17ClN2S. The second kappa shape index (κ2) is 6.40. The average molecular weight is 293 g/mol. The van der Waals surface area contributed by atoms with Crippen molar-refractivity contribution in [2.75, 3.05) is 0 Å². The van der Waals surface area contributed by atoms with Crippen molar-refractivity contribution in [1.29, 1.82) is 0 Å². The third-order valence-corrected chi connectivity index (χ3v) is 4.36. The normalized spacial score (nSPS) is 11.0. The van der Waals surface area contributed by atoms with Gasteiger partial charge in [0.1, 0.15) is 16.5 Å². The van der Waals surface area contributed by atoms with E-state index in [1.807, 2.05) is 0 Å². The minimum atomic E-state index is 0.327. The topological polar surface area (TPSA) is 25.8 Å². The highest BCUT2D eigenvalue weighted by molar-refractivity contribution is 7.98. The summed E-state index contributed by atoms with van der Waals surface area (Å²) < 4.78 is 0. The Morgan fingerprint density at radius 3 is 2.63 bits per heavy atom. The van der Waals surface area contributed by atoms with E-state index in [0.29, 0.717) is 11.1 Å². The lowest BCUT2D eigenvalue weighted by molar-refractivity contribution is 0.802. The Bertz CT molecular complexity index is 570. The van der Waals surface area contributed by atoms with Crippen LogP contribution in [-0.4, -0.2) is 9.97 Å². The highest BCUT2D eigenvalue weighted by Crippen LogP contribution is 2.33. The molecule has 0 fully saturated rings. The van der Waals surface area contributed by atoms with Gasteiger partial charge in [0.05, 0.1) is 0 Å². The number of aromatic nitrogens is 2. The van der Waals surface area contributed by atoms with E-state index in [0.717, 1.165) is 16.3 Å². The summed E-state index contributed by atoms with van der Waals surface area (Å²) >= 11 is 7.89. The van der Waals surface area contributed by atoms with Gasteiger partial charge >= 0.3 is 0 Å². The van der Waals surface area contributed by atoms with Crippen molar-refractivity contribution in [1.82, 2.24) is 9.97 Å². The first-order valence-electron chi connectivity index (χ1n) is 6.27. The quantitative estimate of drug-likeness (QED) is 0.595. The summed E-state index contributed by atoms with van der Waals surface area (Å²) in [5.74, 6) is 1.23. The van der Waals surface area contributed by atoms with Crippen LogP contribution in [0.1, 0.15) is 36.5 Å². The Labute approximate surface area is 123 Å². The number of rotatable bonds is 4. The van der Waals surface area contributed by atoms with Gasteiger partial charge in [-0.25, -0.2) is 9.97 Å². The maximum absolute atomic E-state index is 6.17. The van der Waals surface area contributed by atoms with Crippen molar-refractivity contribution in [3.05, 3.63) is 52.4 Å². The first-order valence-corrected chi connectivity index (χ1v) is 7.63. The Hall–Kier alpha value is -1.06. The Balaban J connectivity index is 2.21. The summed E-state index contributed by atoms with van der Waals surface area (Å²) in [4.78, 5) is 8.45. The molecule has 0 bridgehead atoms. The number of nitrogens with zero attached hydrogens (tertiary/aromatic N) is 2. The zero-order valence-corrected chi connectivity index (χ0v) is 12.9. The molecule has 2 aromatic rings. The summed E-state index contributed by atoms with van der Waals surface area (Å²) in [5, 5.41) is 1.55. The number of hydrogen-bond donors (Lipinski definition) is 0. The SMILES string of the molecule is Cc1ccccc1CSc1ncnc(Cl)c1C(C)C. The molecule has 4 heteroatoms. The predicted molar refractivity (Wildman–Crippen MR) is 81.9 cm³/mol. The van der Waals surface area contributed by atoms with E-state index in [9.17, 15) is 0 Å². The molecule has 0 unspecified atom stereocenters. The molecule has 0 saturated carbocycles. The third-order valence-electron chi connectivity index (χ3n) is 3.00. The van der Waals surface area contributed by atoms with E-state index >= 15 is 0 Å². The van der Waals surface area contributed by atoms with Crippen LogP contribution in [0.4, 0.5) is 0 Å². The Morgan fingerprint density at radius 2 is 1.95 bits per heavy atom. The maximum Gasteiger partial charge on any atom is 0.137 e. The monoisotopic (exact) mass is 292 g/mol. The number of halogens is 1. The van der Waals surface area contributed by atoms with Crippen LogP contribution in [0, 0.1) is 6.92 Å². The van der Waals surface area contributed by atoms with Crippen LogP contribution in [0.15, 0.2) is 35.6 Å². The maximum atomic E-state index is 6.17. The van der Waals surface area contributed by atoms with E-state index in [1.54, 1.807) is 11.8 Å². The first-order chi connectivity index (χ1) is 9.09. The van der Waals surface area contributed by atoms with Gasteiger partial charge in [0.25, 0.3) is 0 Å². The molecule has 0 N–H and O–H groups in total. The highest BCUT2D eigenvalue weighted by Gasteiger charge is 2.14. The van der Waals surface area contributed by atoms with Gasteiger partial charge in [-0.15, -0.1) is 11.8 Å². The van der Waals surface area contributed by atoms with E-state index in [-0.39, 0.29) is 0 Å². The van der Waals surface area contributed by atoms with Crippen molar-refractivity contribution < 1.29 is 0 Å². The molecule has 0 spiro atoms. The lowest BCUT2D eigenvalue weighted by Crippen LogP contribution is -1.98. The zero-order valence-electron chi connectivity index (χ0n) is 11.4. The minimum Gasteiger partial charge on any atom is -0.230 e. The van der Waals surface area contributed by atoms with Crippen molar-refractivity contribution in [3.8, 4) is 0 Å². The van der Waals surface area contributed by atoms with Crippen molar-refractivity contribution in [2.45, 2.75) is 37.5 Å². The van der Waals surface area contributed by atoms with Gasteiger partial charge in [-0.05, 0) is 24.0 Å². The highest BCUT2D eigenvalue weighted by atomic mass is 35.5. The molecule has 0 amide bonds. The summed E-state index contributed by atoms with van der Waals surface area (Å²) in [6, 6.07) is 8.41. The van der Waals surface area contributed by atoms with Gasteiger partial charge in [0.15, 0.2) is 0 Å².